The number of hydrogen-bond donors (Lipinski definition) is 1. The maximum absolute atomic E-state index is 12.0. The first-order valence-corrected chi connectivity index (χ1v) is 7.55. The highest BCUT2D eigenvalue weighted by molar-refractivity contribution is 5.76. The monoisotopic (exact) mass is 291 g/mol. The third-order valence-electron chi connectivity index (χ3n) is 4.00. The average molecular weight is 291 g/mol. The van der Waals surface area contributed by atoms with Crippen LogP contribution < -0.4 is 10.1 Å². The molecule has 0 unspecified atom stereocenters. The van der Waals surface area contributed by atoms with Gasteiger partial charge in [0, 0.05) is 24.1 Å². The molecule has 1 aromatic rings. The summed E-state index contributed by atoms with van der Waals surface area (Å²) in [5.41, 5.74) is 0.920. The second-order valence-corrected chi connectivity index (χ2v) is 6.20. The number of amides is 1. The van der Waals surface area contributed by atoms with Gasteiger partial charge in [-0.05, 0) is 18.9 Å². The van der Waals surface area contributed by atoms with Gasteiger partial charge in [-0.25, -0.2) is 0 Å². The number of benzene rings is 1. The highest BCUT2D eigenvalue weighted by atomic mass is 16.5. The molecule has 0 bridgehead atoms. The number of hydrogen-bond acceptors (Lipinski definition) is 3. The Morgan fingerprint density at radius 1 is 1.43 bits per heavy atom. The maximum atomic E-state index is 12.0. The van der Waals surface area contributed by atoms with Gasteiger partial charge in [0.1, 0.15) is 5.75 Å². The molecule has 2 rings (SSSR count). The van der Waals surface area contributed by atoms with Crippen molar-refractivity contribution in [1.29, 1.82) is 0 Å². The number of para-hydroxylation sites is 1. The first-order chi connectivity index (χ1) is 10.0. The zero-order chi connectivity index (χ0) is 15.3. The van der Waals surface area contributed by atoms with Gasteiger partial charge in [-0.2, -0.15) is 0 Å². The highest BCUT2D eigenvalue weighted by Crippen LogP contribution is 2.30. The molecular formula is C17H25NO3. The second-order valence-electron chi connectivity index (χ2n) is 6.20. The Kier molecular flexibility index (Phi) is 5.23. The summed E-state index contributed by atoms with van der Waals surface area (Å²) in [4.78, 5) is 12.0. The van der Waals surface area contributed by atoms with Crippen LogP contribution in [0, 0.1) is 0 Å². The van der Waals surface area contributed by atoms with Gasteiger partial charge in [0.2, 0.25) is 5.91 Å². The summed E-state index contributed by atoms with van der Waals surface area (Å²) in [6, 6.07) is 7.94. The molecule has 1 atom stereocenters. The van der Waals surface area contributed by atoms with Crippen LogP contribution in [0.2, 0.25) is 0 Å². The summed E-state index contributed by atoms with van der Waals surface area (Å²) in [5, 5.41) is 3.03. The van der Waals surface area contributed by atoms with Crippen LogP contribution >= 0.6 is 0 Å². The minimum Gasteiger partial charge on any atom is -0.496 e. The van der Waals surface area contributed by atoms with Crippen molar-refractivity contribution in [3.8, 4) is 5.75 Å². The van der Waals surface area contributed by atoms with Crippen LogP contribution in [0.4, 0.5) is 0 Å². The van der Waals surface area contributed by atoms with Gasteiger partial charge in [-0.1, -0.05) is 32.0 Å². The molecule has 0 aromatic heterocycles. The largest absolute Gasteiger partial charge is 0.496 e. The number of carbonyl (C=O) groups excluding carboxylic acids is 1. The van der Waals surface area contributed by atoms with Gasteiger partial charge in [-0.15, -0.1) is 0 Å². The topological polar surface area (TPSA) is 47.6 Å². The van der Waals surface area contributed by atoms with Crippen LogP contribution in [0.3, 0.4) is 0 Å². The molecule has 0 aliphatic carbocycles. The zero-order valence-electron chi connectivity index (χ0n) is 13.1. The van der Waals surface area contributed by atoms with E-state index in [0.29, 0.717) is 13.0 Å². The molecule has 4 nitrogen and oxygen atoms in total. The molecule has 0 saturated carbocycles. The minimum absolute atomic E-state index is 0.0601. The molecule has 1 aromatic carbocycles. The summed E-state index contributed by atoms with van der Waals surface area (Å²) in [6.07, 6.45) is 2.61. The Balaban J connectivity index is 1.92. The van der Waals surface area contributed by atoms with Gasteiger partial charge in [0.15, 0.2) is 0 Å². The molecule has 0 radical (unpaired) electrons. The van der Waals surface area contributed by atoms with Gasteiger partial charge in [0.25, 0.3) is 0 Å². The van der Waals surface area contributed by atoms with Crippen molar-refractivity contribution in [1.82, 2.24) is 5.32 Å². The van der Waals surface area contributed by atoms with Gasteiger partial charge < -0.3 is 14.8 Å². The second kappa shape index (κ2) is 6.94. The first kappa shape index (κ1) is 15.8. The number of carbonyl (C=O) groups is 1. The number of methoxy groups -OCH3 is 1. The normalized spacial score (nSPS) is 18.5. The van der Waals surface area contributed by atoms with Gasteiger partial charge in [0.05, 0.1) is 19.6 Å². The van der Waals surface area contributed by atoms with E-state index in [0.717, 1.165) is 30.8 Å². The quantitative estimate of drug-likeness (QED) is 0.876. The van der Waals surface area contributed by atoms with E-state index in [4.69, 9.17) is 9.47 Å². The summed E-state index contributed by atoms with van der Waals surface area (Å²) in [7, 11) is 1.67. The van der Waals surface area contributed by atoms with E-state index in [-0.39, 0.29) is 17.4 Å². The van der Waals surface area contributed by atoms with Crippen LogP contribution in [-0.2, 0) is 14.9 Å². The SMILES string of the molecule is COc1ccccc1C(C)(C)CNC(=O)C[C@H]1CCCO1. The van der Waals surface area contributed by atoms with Crippen molar-refractivity contribution in [2.45, 2.75) is 44.6 Å². The molecule has 1 N–H and O–H groups in total. The average Bonchev–Trinajstić information content (AvgIpc) is 2.98. The fourth-order valence-corrected chi connectivity index (χ4v) is 2.70. The van der Waals surface area contributed by atoms with Crippen LogP contribution in [0.5, 0.6) is 5.75 Å². The Labute approximate surface area is 126 Å². The van der Waals surface area contributed by atoms with Crippen molar-refractivity contribution in [3.63, 3.8) is 0 Å². The Morgan fingerprint density at radius 3 is 2.86 bits per heavy atom. The van der Waals surface area contributed by atoms with E-state index in [1.165, 1.54) is 0 Å². The Bertz CT molecular complexity index is 479. The van der Waals surface area contributed by atoms with E-state index in [9.17, 15) is 4.79 Å². The lowest BCUT2D eigenvalue weighted by molar-refractivity contribution is -0.123. The lowest BCUT2D eigenvalue weighted by Crippen LogP contribution is -2.38. The van der Waals surface area contributed by atoms with Crippen LogP contribution in [0.25, 0.3) is 0 Å². The standard InChI is InChI=1S/C17H25NO3/c1-17(2,14-8-4-5-9-15(14)20-3)12-18-16(19)11-13-7-6-10-21-13/h4-5,8-9,13H,6-7,10-12H2,1-3H3,(H,18,19)/t13-/m1/s1. The molecule has 1 aliphatic heterocycles. The Hall–Kier alpha value is -1.55. The summed E-state index contributed by atoms with van der Waals surface area (Å²) in [5.74, 6) is 0.917. The fourth-order valence-electron chi connectivity index (χ4n) is 2.70. The van der Waals surface area contributed by atoms with Crippen LogP contribution in [-0.4, -0.2) is 32.3 Å². The van der Waals surface area contributed by atoms with Crippen molar-refractivity contribution >= 4 is 5.91 Å². The lowest BCUT2D eigenvalue weighted by Gasteiger charge is -2.27. The third-order valence-corrected chi connectivity index (χ3v) is 4.00. The van der Waals surface area contributed by atoms with Crippen molar-refractivity contribution in [2.24, 2.45) is 0 Å². The summed E-state index contributed by atoms with van der Waals surface area (Å²) in [6.45, 7) is 5.58. The van der Waals surface area contributed by atoms with Crippen LogP contribution in [0.15, 0.2) is 24.3 Å². The molecule has 1 aliphatic rings. The molecule has 0 spiro atoms. The fraction of sp³-hybridized carbons (Fsp3) is 0.588. The molecule has 21 heavy (non-hydrogen) atoms. The molecule has 116 valence electrons. The van der Waals surface area contributed by atoms with Crippen molar-refractivity contribution in [2.75, 3.05) is 20.3 Å². The first-order valence-electron chi connectivity index (χ1n) is 7.55. The molecular weight excluding hydrogens is 266 g/mol. The van der Waals surface area contributed by atoms with E-state index in [2.05, 4.69) is 19.2 Å². The predicted octanol–water partition coefficient (Wildman–Crippen LogP) is 2.66. The number of ether oxygens (including phenoxy) is 2. The lowest BCUT2D eigenvalue weighted by atomic mass is 9.84. The molecule has 1 heterocycles. The van der Waals surface area contributed by atoms with E-state index >= 15 is 0 Å². The minimum atomic E-state index is -0.182. The van der Waals surface area contributed by atoms with Crippen molar-refractivity contribution in [3.05, 3.63) is 29.8 Å². The molecule has 4 heteroatoms. The smallest absolute Gasteiger partial charge is 0.222 e. The van der Waals surface area contributed by atoms with Crippen molar-refractivity contribution < 1.29 is 14.3 Å². The molecule has 1 amide bonds. The summed E-state index contributed by atoms with van der Waals surface area (Å²) < 4.78 is 10.9. The summed E-state index contributed by atoms with van der Waals surface area (Å²) >= 11 is 0. The molecule has 1 fully saturated rings. The third kappa shape index (κ3) is 4.21. The van der Waals surface area contributed by atoms with Gasteiger partial charge >= 0.3 is 0 Å². The van der Waals surface area contributed by atoms with E-state index in [1.54, 1.807) is 7.11 Å². The van der Waals surface area contributed by atoms with E-state index in [1.807, 2.05) is 24.3 Å². The van der Waals surface area contributed by atoms with Gasteiger partial charge in [-0.3, -0.25) is 4.79 Å². The highest BCUT2D eigenvalue weighted by Gasteiger charge is 2.26. The number of nitrogens with one attached hydrogen (secondary N) is 1. The predicted molar refractivity (Wildman–Crippen MR) is 82.6 cm³/mol. The Morgan fingerprint density at radius 2 is 2.19 bits per heavy atom. The zero-order valence-corrected chi connectivity index (χ0v) is 13.1. The van der Waals surface area contributed by atoms with E-state index < -0.39 is 0 Å². The maximum Gasteiger partial charge on any atom is 0.222 e. The van der Waals surface area contributed by atoms with Crippen LogP contribution in [0.1, 0.15) is 38.7 Å². The number of rotatable bonds is 6. The molecule has 1 saturated heterocycles.